The van der Waals surface area contributed by atoms with Crippen molar-refractivity contribution < 1.29 is 14.3 Å². The van der Waals surface area contributed by atoms with Crippen LogP contribution in [0.4, 0.5) is 0 Å². The third kappa shape index (κ3) is 6.35. The number of ether oxygens (including phenoxy) is 1. The van der Waals surface area contributed by atoms with E-state index >= 15 is 0 Å². The van der Waals surface area contributed by atoms with Gasteiger partial charge in [-0.15, -0.1) is 0 Å². The molecule has 4 aliphatic carbocycles. The highest BCUT2D eigenvalue weighted by Gasteiger charge is 2.59. The molecule has 6 rings (SSSR count). The molecule has 4 nitrogen and oxygen atoms in total. The van der Waals surface area contributed by atoms with Gasteiger partial charge in [-0.25, -0.2) is 0 Å². The van der Waals surface area contributed by atoms with E-state index in [1.807, 2.05) is 12.1 Å². The highest BCUT2D eigenvalue weighted by atomic mass is 16.5. The number of carbonyl (C=O) groups excluding carboxylic acids is 2. The van der Waals surface area contributed by atoms with Crippen LogP contribution in [0.5, 0.6) is 0 Å². The molecule has 0 aromatic heterocycles. The van der Waals surface area contributed by atoms with E-state index in [0.717, 1.165) is 74.2 Å². The van der Waals surface area contributed by atoms with Gasteiger partial charge in [0.1, 0.15) is 0 Å². The lowest BCUT2D eigenvalue weighted by atomic mass is 9.47. The Bertz CT molecular complexity index is 1220. The number of nitrogens with zero attached hydrogens (tertiary/aromatic N) is 1. The first kappa shape index (κ1) is 33.0. The summed E-state index contributed by atoms with van der Waals surface area (Å²) in [6.07, 6.45) is 22.1. The molecule has 248 valence electrons. The number of imide groups is 1. The van der Waals surface area contributed by atoms with Crippen molar-refractivity contribution in [2.45, 2.75) is 137 Å². The molecule has 0 bridgehead atoms. The minimum atomic E-state index is -0.136. The zero-order valence-electron chi connectivity index (χ0n) is 29.1. The summed E-state index contributed by atoms with van der Waals surface area (Å²) in [6, 6.07) is 7.17. The minimum Gasteiger partial charge on any atom is -0.378 e. The lowest BCUT2D eigenvalue weighted by Gasteiger charge is -2.58. The highest BCUT2D eigenvalue weighted by molar-refractivity contribution is 6.21. The number of hydrogen-bond acceptors (Lipinski definition) is 3. The van der Waals surface area contributed by atoms with Crippen LogP contribution >= 0.6 is 0 Å². The molecule has 4 heteroatoms. The summed E-state index contributed by atoms with van der Waals surface area (Å²) >= 11 is 0. The number of unbranched alkanes of at least 4 members (excludes halogenated alkanes) is 3. The largest absolute Gasteiger partial charge is 0.378 e. The Balaban J connectivity index is 0.937. The second-order valence-electron chi connectivity index (χ2n) is 16.7. The van der Waals surface area contributed by atoms with Crippen LogP contribution in [0.2, 0.25) is 0 Å². The van der Waals surface area contributed by atoms with E-state index in [4.69, 9.17) is 4.74 Å². The van der Waals surface area contributed by atoms with Crippen molar-refractivity contribution in [1.29, 1.82) is 0 Å². The number of amides is 2. The molecule has 3 fully saturated rings. The maximum atomic E-state index is 12.6. The van der Waals surface area contributed by atoms with Crippen molar-refractivity contribution in [2.75, 3.05) is 13.2 Å². The number of benzene rings is 1. The molecule has 0 radical (unpaired) electrons. The third-order valence-electron chi connectivity index (χ3n) is 13.8. The van der Waals surface area contributed by atoms with Gasteiger partial charge in [0.2, 0.25) is 0 Å². The molecule has 0 N–H and O–H groups in total. The van der Waals surface area contributed by atoms with Gasteiger partial charge in [0.25, 0.3) is 11.8 Å². The van der Waals surface area contributed by atoms with Crippen molar-refractivity contribution >= 4 is 11.8 Å². The molecule has 3 unspecified atom stereocenters. The van der Waals surface area contributed by atoms with Crippen LogP contribution in [0.1, 0.15) is 152 Å². The van der Waals surface area contributed by atoms with E-state index in [-0.39, 0.29) is 11.8 Å². The van der Waals surface area contributed by atoms with Gasteiger partial charge in [-0.2, -0.15) is 0 Å². The monoisotopic (exact) mass is 615 g/mol. The summed E-state index contributed by atoms with van der Waals surface area (Å²) in [5.41, 5.74) is 3.77. The van der Waals surface area contributed by atoms with Gasteiger partial charge >= 0.3 is 0 Å². The molecule has 0 saturated heterocycles. The Morgan fingerprint density at radius 2 is 1.58 bits per heavy atom. The molecule has 1 heterocycles. The topological polar surface area (TPSA) is 46.6 Å². The second-order valence-corrected chi connectivity index (χ2v) is 16.7. The Labute approximate surface area is 274 Å². The first-order valence-corrected chi connectivity index (χ1v) is 18.9. The molecule has 5 aliphatic rings. The summed E-state index contributed by atoms with van der Waals surface area (Å²) in [6.45, 7) is 14.0. The van der Waals surface area contributed by atoms with Crippen LogP contribution in [-0.4, -0.2) is 36.0 Å². The van der Waals surface area contributed by atoms with Crippen LogP contribution in [0.15, 0.2) is 35.9 Å². The van der Waals surface area contributed by atoms with Crippen molar-refractivity contribution in [2.24, 2.45) is 46.3 Å². The Morgan fingerprint density at radius 3 is 2.31 bits per heavy atom. The Kier molecular flexibility index (Phi) is 10.0. The molecule has 8 atom stereocenters. The smallest absolute Gasteiger partial charge is 0.261 e. The summed E-state index contributed by atoms with van der Waals surface area (Å²) < 4.78 is 6.48. The van der Waals surface area contributed by atoms with E-state index in [1.165, 1.54) is 69.1 Å². The lowest BCUT2D eigenvalue weighted by Crippen LogP contribution is -2.51. The van der Waals surface area contributed by atoms with Crippen LogP contribution in [0.3, 0.4) is 0 Å². The number of hydrogen-bond donors (Lipinski definition) is 0. The molecular weight excluding hydrogens is 554 g/mol. The van der Waals surface area contributed by atoms with Gasteiger partial charge in [-0.3, -0.25) is 14.5 Å². The van der Waals surface area contributed by atoms with Crippen LogP contribution in [0.25, 0.3) is 0 Å². The van der Waals surface area contributed by atoms with Crippen molar-refractivity contribution in [3.05, 3.63) is 47.0 Å². The van der Waals surface area contributed by atoms with Crippen molar-refractivity contribution in [3.63, 3.8) is 0 Å². The SMILES string of the molecule is CC(C)CCC[C@@H](C)[C@H]1CCC2C3CC=C4C[C@@H](OCCCCCCN5C(=O)c6ccccc6C5=O)CC[C@]4(C)C3CC[C@@]21C. The average molecular weight is 616 g/mol. The van der Waals surface area contributed by atoms with E-state index in [9.17, 15) is 9.59 Å². The molecule has 1 aromatic carbocycles. The van der Waals surface area contributed by atoms with E-state index < -0.39 is 0 Å². The van der Waals surface area contributed by atoms with Gasteiger partial charge in [0.05, 0.1) is 17.2 Å². The van der Waals surface area contributed by atoms with Gasteiger partial charge in [-0.05, 0) is 123 Å². The van der Waals surface area contributed by atoms with Gasteiger partial charge in [-0.1, -0.05) is 90.5 Å². The van der Waals surface area contributed by atoms with Crippen molar-refractivity contribution in [1.82, 2.24) is 4.90 Å². The summed E-state index contributed by atoms with van der Waals surface area (Å²) in [5, 5.41) is 0. The van der Waals surface area contributed by atoms with Crippen LogP contribution in [-0.2, 0) is 4.74 Å². The van der Waals surface area contributed by atoms with E-state index in [1.54, 1.807) is 17.7 Å². The zero-order valence-corrected chi connectivity index (χ0v) is 29.1. The minimum absolute atomic E-state index is 0.136. The Morgan fingerprint density at radius 1 is 0.844 bits per heavy atom. The predicted octanol–water partition coefficient (Wildman–Crippen LogP) is 10.3. The van der Waals surface area contributed by atoms with Gasteiger partial charge in [0, 0.05) is 13.2 Å². The summed E-state index contributed by atoms with van der Waals surface area (Å²) in [5.74, 6) is 5.06. The lowest BCUT2D eigenvalue weighted by molar-refractivity contribution is -0.0641. The predicted molar refractivity (Wildman–Crippen MR) is 183 cm³/mol. The standard InChI is InChI=1S/C41H61NO3/c1-28(2)13-12-14-29(3)35-19-20-36-34-18-17-30-27-31(21-23-40(30,4)37(34)22-24-41(35,36)5)45-26-11-7-6-10-25-42-38(43)32-15-8-9-16-33(32)39(42)44/h8-9,15-17,28-29,31,34-37H,6-7,10-14,18-27H2,1-5H3/t29-,31+,34?,35-,36?,37?,40+,41-/m1/s1. The van der Waals surface area contributed by atoms with Crippen molar-refractivity contribution in [3.8, 4) is 0 Å². The van der Waals surface area contributed by atoms with Gasteiger partial charge in [0.15, 0.2) is 0 Å². The Hall–Kier alpha value is -1.94. The normalized spacial score (nSPS) is 34.8. The van der Waals surface area contributed by atoms with Crippen LogP contribution in [0, 0.1) is 46.3 Å². The molecule has 45 heavy (non-hydrogen) atoms. The molecule has 0 spiro atoms. The number of carbonyl (C=O) groups is 2. The fourth-order valence-electron chi connectivity index (χ4n) is 11.2. The third-order valence-corrected chi connectivity index (χ3v) is 13.8. The molecule has 3 saturated carbocycles. The fraction of sp³-hybridized carbons (Fsp3) is 0.756. The summed E-state index contributed by atoms with van der Waals surface area (Å²) in [7, 11) is 0. The average Bonchev–Trinajstić information content (AvgIpc) is 3.50. The van der Waals surface area contributed by atoms with Crippen LogP contribution < -0.4 is 0 Å². The maximum Gasteiger partial charge on any atom is 0.261 e. The maximum absolute atomic E-state index is 12.6. The molecule has 1 aromatic rings. The first-order valence-electron chi connectivity index (χ1n) is 18.9. The summed E-state index contributed by atoms with van der Waals surface area (Å²) in [4.78, 5) is 26.6. The number of fused-ring (bicyclic) bond motifs is 6. The number of allylic oxidation sites excluding steroid dienone is 1. The molecular formula is C41H61NO3. The van der Waals surface area contributed by atoms with E-state index in [2.05, 4.69) is 40.7 Å². The fourth-order valence-corrected chi connectivity index (χ4v) is 11.2. The second kappa shape index (κ2) is 13.7. The zero-order chi connectivity index (χ0) is 31.8. The van der Waals surface area contributed by atoms with E-state index in [0.29, 0.717) is 34.6 Å². The quantitative estimate of drug-likeness (QED) is 0.126. The first-order chi connectivity index (χ1) is 21.6. The molecule has 1 aliphatic heterocycles. The molecule has 2 amide bonds. The number of rotatable bonds is 13. The highest BCUT2D eigenvalue weighted by Crippen LogP contribution is 2.67. The van der Waals surface area contributed by atoms with Gasteiger partial charge < -0.3 is 4.74 Å².